The molecule has 5 nitrogen and oxygen atoms in total. The third-order valence-electron chi connectivity index (χ3n) is 2.81. The molecule has 2 aromatic rings. The van der Waals surface area contributed by atoms with Gasteiger partial charge in [0.15, 0.2) is 6.29 Å². The smallest absolute Gasteiger partial charge is 0.249 e. The normalized spacial score (nSPS) is 10.9. The fraction of sp³-hybridized carbons (Fsp3) is 0. The molecule has 0 fully saturated rings. The molecule has 110 valence electrons. The highest BCUT2D eigenvalue weighted by atomic mass is 35.5. The van der Waals surface area contributed by atoms with Gasteiger partial charge in [-0.1, -0.05) is 23.7 Å². The van der Waals surface area contributed by atoms with Gasteiger partial charge in [-0.3, -0.25) is 9.59 Å². The molecule has 1 amide bonds. The molecule has 0 bridgehead atoms. The maximum absolute atomic E-state index is 11.9. The third kappa shape index (κ3) is 4.10. The van der Waals surface area contributed by atoms with Crippen molar-refractivity contribution in [1.29, 1.82) is 0 Å². The first-order valence-corrected chi connectivity index (χ1v) is 6.67. The minimum Gasteiger partial charge on any atom is -0.322 e. The van der Waals surface area contributed by atoms with E-state index in [4.69, 9.17) is 11.6 Å². The summed E-state index contributed by atoms with van der Waals surface area (Å²) in [6.07, 6.45) is 1.71. The van der Waals surface area contributed by atoms with Crippen molar-refractivity contribution >= 4 is 40.7 Å². The van der Waals surface area contributed by atoms with E-state index < -0.39 is 5.91 Å². The van der Waals surface area contributed by atoms with Gasteiger partial charge < -0.3 is 5.32 Å². The minimum atomic E-state index is -0.464. The summed E-state index contributed by atoms with van der Waals surface area (Å²) in [7, 11) is 0. The Balaban J connectivity index is 2.20. The zero-order valence-corrected chi connectivity index (χ0v) is 12.1. The molecule has 6 heteroatoms. The van der Waals surface area contributed by atoms with E-state index >= 15 is 0 Å². The molecule has 0 saturated heterocycles. The van der Waals surface area contributed by atoms with Crippen LogP contribution in [0.25, 0.3) is 5.57 Å². The number of carbonyl (C=O) groups excluding carboxylic acids is 2. The number of carbonyl (C=O) groups is 2. The van der Waals surface area contributed by atoms with Crippen molar-refractivity contribution in [3.8, 4) is 0 Å². The summed E-state index contributed by atoms with van der Waals surface area (Å²) in [5, 5.41) is 5.97. The van der Waals surface area contributed by atoms with Gasteiger partial charge >= 0.3 is 0 Å². The molecule has 1 N–H and O–H groups in total. The van der Waals surface area contributed by atoms with Crippen LogP contribution in [-0.2, 0) is 9.59 Å². The number of amides is 1. The van der Waals surface area contributed by atoms with Gasteiger partial charge in [-0.25, -0.2) is 0 Å². The summed E-state index contributed by atoms with van der Waals surface area (Å²) in [6.45, 7) is 0. The Kier molecular flexibility index (Phi) is 5.16. The zero-order chi connectivity index (χ0) is 15.9. The van der Waals surface area contributed by atoms with Crippen LogP contribution in [0.1, 0.15) is 5.56 Å². The number of aldehydes is 1. The SMILES string of the molecule is O=C/C(=C\C(=O)Nc1ccc(Cl)cc1)c1cccc(N=O)c1. The Morgan fingerprint density at radius 1 is 1.14 bits per heavy atom. The van der Waals surface area contributed by atoms with E-state index in [0.29, 0.717) is 22.6 Å². The van der Waals surface area contributed by atoms with Crippen LogP contribution >= 0.6 is 11.6 Å². The predicted molar refractivity (Wildman–Crippen MR) is 86.0 cm³/mol. The molecule has 2 aromatic carbocycles. The van der Waals surface area contributed by atoms with Crippen LogP contribution in [0.5, 0.6) is 0 Å². The second-order valence-electron chi connectivity index (χ2n) is 4.36. The minimum absolute atomic E-state index is 0.150. The molecule has 0 spiro atoms. The highest BCUT2D eigenvalue weighted by Gasteiger charge is 2.06. The standard InChI is InChI=1S/C16H11ClN2O3/c17-13-4-6-14(7-5-13)18-16(21)9-12(10-20)11-2-1-3-15(8-11)19-22/h1-10H,(H,18,21)/b12-9+. The van der Waals surface area contributed by atoms with E-state index in [-0.39, 0.29) is 11.3 Å². The van der Waals surface area contributed by atoms with Gasteiger partial charge in [0.05, 0.1) is 0 Å². The number of benzene rings is 2. The number of hydrogen-bond donors (Lipinski definition) is 1. The predicted octanol–water partition coefficient (Wildman–Crippen LogP) is 3.96. The van der Waals surface area contributed by atoms with Crippen molar-refractivity contribution < 1.29 is 9.59 Å². The molecular formula is C16H11ClN2O3. The molecule has 22 heavy (non-hydrogen) atoms. The second kappa shape index (κ2) is 7.28. The van der Waals surface area contributed by atoms with Crippen molar-refractivity contribution in [2.45, 2.75) is 0 Å². The van der Waals surface area contributed by atoms with Gasteiger partial charge in [0.25, 0.3) is 0 Å². The lowest BCUT2D eigenvalue weighted by Crippen LogP contribution is -2.09. The molecule has 0 saturated carbocycles. The van der Waals surface area contributed by atoms with E-state index in [1.807, 2.05) is 0 Å². The highest BCUT2D eigenvalue weighted by Crippen LogP contribution is 2.19. The maximum atomic E-state index is 11.9. The first-order chi connectivity index (χ1) is 10.6. The molecular weight excluding hydrogens is 304 g/mol. The summed E-state index contributed by atoms with van der Waals surface area (Å²) >= 11 is 5.76. The second-order valence-corrected chi connectivity index (χ2v) is 4.79. The molecule has 0 radical (unpaired) electrons. The van der Waals surface area contributed by atoms with Crippen LogP contribution in [0.3, 0.4) is 0 Å². The van der Waals surface area contributed by atoms with Crippen LogP contribution in [0, 0.1) is 4.91 Å². The lowest BCUT2D eigenvalue weighted by Gasteiger charge is -2.04. The Morgan fingerprint density at radius 3 is 2.50 bits per heavy atom. The molecule has 0 aliphatic rings. The first kappa shape index (κ1) is 15.6. The van der Waals surface area contributed by atoms with Crippen molar-refractivity contribution in [2.24, 2.45) is 5.18 Å². The van der Waals surface area contributed by atoms with Gasteiger partial charge in [0, 0.05) is 22.4 Å². The monoisotopic (exact) mass is 314 g/mol. The van der Waals surface area contributed by atoms with E-state index in [9.17, 15) is 14.5 Å². The summed E-state index contributed by atoms with van der Waals surface area (Å²) in [6, 6.07) is 12.7. The average molecular weight is 315 g/mol. The summed E-state index contributed by atoms with van der Waals surface area (Å²) in [4.78, 5) is 33.6. The van der Waals surface area contributed by atoms with E-state index in [0.717, 1.165) is 6.08 Å². The number of nitroso groups, excluding NO2 is 1. The largest absolute Gasteiger partial charge is 0.322 e. The Bertz CT molecular complexity index is 739. The van der Waals surface area contributed by atoms with Crippen LogP contribution in [0.15, 0.2) is 59.8 Å². The molecule has 0 aliphatic carbocycles. The van der Waals surface area contributed by atoms with Gasteiger partial charge in [0.2, 0.25) is 5.91 Å². The van der Waals surface area contributed by atoms with E-state index in [1.165, 1.54) is 12.1 Å². The highest BCUT2D eigenvalue weighted by molar-refractivity contribution is 6.30. The quantitative estimate of drug-likeness (QED) is 0.515. The fourth-order valence-electron chi connectivity index (χ4n) is 1.78. The van der Waals surface area contributed by atoms with Crippen LogP contribution in [-0.4, -0.2) is 12.2 Å². The number of allylic oxidation sites excluding steroid dienone is 1. The number of anilines is 1. The first-order valence-electron chi connectivity index (χ1n) is 6.29. The van der Waals surface area contributed by atoms with Gasteiger partial charge in [-0.2, -0.15) is 0 Å². The Hall–Kier alpha value is -2.79. The number of nitrogens with one attached hydrogen (secondary N) is 1. The Morgan fingerprint density at radius 2 is 1.86 bits per heavy atom. The Labute approximate surface area is 131 Å². The molecule has 0 atom stereocenters. The van der Waals surface area contributed by atoms with Gasteiger partial charge in [-0.05, 0) is 47.1 Å². The van der Waals surface area contributed by atoms with E-state index in [2.05, 4.69) is 10.5 Å². The molecule has 0 unspecified atom stereocenters. The summed E-state index contributed by atoms with van der Waals surface area (Å²) < 4.78 is 0. The lowest BCUT2D eigenvalue weighted by molar-refractivity contribution is -0.112. The molecule has 0 heterocycles. The number of halogens is 1. The van der Waals surface area contributed by atoms with Gasteiger partial charge in [0.1, 0.15) is 5.69 Å². The van der Waals surface area contributed by atoms with Crippen molar-refractivity contribution in [3.05, 3.63) is 70.1 Å². The van der Waals surface area contributed by atoms with Crippen LogP contribution in [0.2, 0.25) is 5.02 Å². The molecule has 0 aromatic heterocycles. The lowest BCUT2D eigenvalue weighted by atomic mass is 10.1. The topological polar surface area (TPSA) is 75.6 Å². The van der Waals surface area contributed by atoms with Crippen molar-refractivity contribution in [1.82, 2.24) is 0 Å². The summed E-state index contributed by atoms with van der Waals surface area (Å²) in [5.74, 6) is -0.464. The average Bonchev–Trinajstić information content (AvgIpc) is 2.55. The van der Waals surface area contributed by atoms with Crippen LogP contribution < -0.4 is 5.32 Å². The molecule has 0 aliphatic heterocycles. The van der Waals surface area contributed by atoms with E-state index in [1.54, 1.807) is 36.4 Å². The number of nitrogens with zero attached hydrogens (tertiary/aromatic N) is 1. The van der Waals surface area contributed by atoms with Crippen LogP contribution in [0.4, 0.5) is 11.4 Å². The maximum Gasteiger partial charge on any atom is 0.249 e. The van der Waals surface area contributed by atoms with Crippen molar-refractivity contribution in [2.75, 3.05) is 5.32 Å². The summed E-state index contributed by atoms with van der Waals surface area (Å²) in [5.41, 5.74) is 1.33. The zero-order valence-electron chi connectivity index (χ0n) is 11.3. The molecule has 2 rings (SSSR count). The van der Waals surface area contributed by atoms with Gasteiger partial charge in [-0.15, -0.1) is 4.91 Å². The van der Waals surface area contributed by atoms with Crippen molar-refractivity contribution in [3.63, 3.8) is 0 Å². The number of hydrogen-bond acceptors (Lipinski definition) is 4. The number of rotatable bonds is 5. The third-order valence-corrected chi connectivity index (χ3v) is 3.06. The fourth-order valence-corrected chi connectivity index (χ4v) is 1.91.